The largest absolute Gasteiger partial charge is 0.454 e. The van der Waals surface area contributed by atoms with Crippen LogP contribution in [-0.2, 0) is 23.8 Å². The molecule has 1 aliphatic rings. The van der Waals surface area contributed by atoms with E-state index in [9.17, 15) is 35.1 Å². The van der Waals surface area contributed by atoms with Crippen molar-refractivity contribution in [3.63, 3.8) is 0 Å². The van der Waals surface area contributed by atoms with E-state index in [1.807, 2.05) is 6.08 Å². The van der Waals surface area contributed by atoms with Crippen molar-refractivity contribution in [2.24, 2.45) is 0 Å². The molecule has 0 aromatic heterocycles. The molecule has 526 valence electrons. The van der Waals surface area contributed by atoms with Crippen molar-refractivity contribution in [2.45, 2.75) is 352 Å². The van der Waals surface area contributed by atoms with Crippen LogP contribution in [0, 0.1) is 0 Å². The van der Waals surface area contributed by atoms with E-state index in [1.165, 1.54) is 116 Å². The van der Waals surface area contributed by atoms with Gasteiger partial charge in [0, 0.05) is 6.42 Å². The van der Waals surface area contributed by atoms with Crippen molar-refractivity contribution in [3.05, 3.63) is 134 Å². The summed E-state index contributed by atoms with van der Waals surface area (Å²) in [7, 11) is 0. The Hall–Kier alpha value is -4.20. The normalized spacial score (nSPS) is 18.7. The summed E-state index contributed by atoms with van der Waals surface area (Å²) < 4.78 is 17.7. The number of hydrogen-bond acceptors (Lipinski definition) is 10. The molecule has 0 aromatic carbocycles. The van der Waals surface area contributed by atoms with E-state index >= 15 is 0 Å². The lowest BCUT2D eigenvalue weighted by atomic mass is 9.99. The first-order chi connectivity index (χ1) is 45.2. The second-order valence-corrected chi connectivity index (χ2v) is 25.3. The topological polar surface area (TPSA) is 175 Å². The van der Waals surface area contributed by atoms with Crippen LogP contribution < -0.4 is 5.32 Å². The number of aliphatic hydroxyl groups excluding tert-OH is 5. The van der Waals surface area contributed by atoms with Crippen LogP contribution in [-0.4, -0.2) is 99.6 Å². The highest BCUT2D eigenvalue weighted by Gasteiger charge is 2.47. The minimum absolute atomic E-state index is 0.109. The summed E-state index contributed by atoms with van der Waals surface area (Å²) >= 11 is 0. The van der Waals surface area contributed by atoms with Crippen molar-refractivity contribution in [1.29, 1.82) is 0 Å². The third kappa shape index (κ3) is 53.1. The minimum Gasteiger partial charge on any atom is -0.454 e. The molecule has 1 heterocycles. The van der Waals surface area contributed by atoms with Crippen LogP contribution in [0.25, 0.3) is 0 Å². The first-order valence-corrected chi connectivity index (χ1v) is 37.5. The van der Waals surface area contributed by atoms with Gasteiger partial charge in [-0.3, -0.25) is 9.59 Å². The number of hydrogen-bond donors (Lipinski definition) is 6. The third-order valence-electron chi connectivity index (χ3n) is 16.8. The maximum Gasteiger partial charge on any atom is 0.306 e. The molecular formula is C81H137NO10. The zero-order valence-electron chi connectivity index (χ0n) is 58.6. The molecule has 1 saturated heterocycles. The molecule has 11 nitrogen and oxygen atoms in total. The summed E-state index contributed by atoms with van der Waals surface area (Å²) in [6.07, 6.45) is 84.8. The molecule has 1 aliphatic heterocycles. The number of aliphatic hydroxyl groups is 5. The van der Waals surface area contributed by atoms with Gasteiger partial charge in [-0.05, 0) is 116 Å². The fourth-order valence-corrected chi connectivity index (χ4v) is 11.0. The van der Waals surface area contributed by atoms with Gasteiger partial charge in [-0.2, -0.15) is 0 Å². The molecule has 11 heteroatoms. The average molecular weight is 1280 g/mol. The highest BCUT2D eigenvalue weighted by molar-refractivity contribution is 5.80. The summed E-state index contributed by atoms with van der Waals surface area (Å²) in [5, 5.41) is 57.4. The average Bonchev–Trinajstić information content (AvgIpc) is 0.881. The number of allylic oxidation sites excluding steroid dienone is 21. The number of esters is 1. The maximum absolute atomic E-state index is 13.5. The molecular weight excluding hydrogens is 1150 g/mol. The number of rotatable bonds is 63. The number of carbonyl (C=O) groups is 2. The summed E-state index contributed by atoms with van der Waals surface area (Å²) in [4.78, 5) is 26.7. The van der Waals surface area contributed by atoms with Gasteiger partial charge in [-0.15, -0.1) is 0 Å². The molecule has 0 aliphatic carbocycles. The Morgan fingerprint density at radius 1 is 0.435 bits per heavy atom. The van der Waals surface area contributed by atoms with Crippen LogP contribution in [0.2, 0.25) is 0 Å². The number of ether oxygens (including phenoxy) is 3. The van der Waals surface area contributed by atoms with Crippen molar-refractivity contribution < 1.29 is 49.3 Å². The Bertz CT molecular complexity index is 2010. The van der Waals surface area contributed by atoms with Crippen molar-refractivity contribution in [1.82, 2.24) is 5.32 Å². The highest BCUT2D eigenvalue weighted by atomic mass is 16.7. The quantitative estimate of drug-likeness (QED) is 0.0195. The first kappa shape index (κ1) is 85.8. The van der Waals surface area contributed by atoms with Crippen molar-refractivity contribution in [3.8, 4) is 0 Å². The SMILES string of the molecule is CC/C=C\C/C=C\C/C=C\C/C=C\C/C=C\CCCCCCCCCCCCC(O)C(=O)NC(COC1OC(CO)C(O)C(O)C1OC(=O)CCCCCCCCCCC/C=C\C/C=C\C/C=C\C/C=C\C/C=C\CC)C(O)/C=C/CCCCCCCCCCCC. The molecule has 0 bridgehead atoms. The summed E-state index contributed by atoms with van der Waals surface area (Å²) in [5.74, 6) is -1.21. The van der Waals surface area contributed by atoms with Gasteiger partial charge in [0.15, 0.2) is 12.4 Å². The Balaban J connectivity index is 2.55. The van der Waals surface area contributed by atoms with Gasteiger partial charge in [0.25, 0.3) is 0 Å². The molecule has 6 N–H and O–H groups in total. The molecule has 1 amide bonds. The Kier molecular flexibility index (Phi) is 62.3. The molecule has 1 fully saturated rings. The first-order valence-electron chi connectivity index (χ1n) is 37.5. The van der Waals surface area contributed by atoms with E-state index in [0.717, 1.165) is 141 Å². The lowest BCUT2D eigenvalue weighted by Crippen LogP contribution is -2.61. The van der Waals surface area contributed by atoms with Crippen LogP contribution in [0.3, 0.4) is 0 Å². The van der Waals surface area contributed by atoms with Gasteiger partial charge in [0.05, 0.1) is 25.4 Å². The fraction of sp³-hybridized carbons (Fsp3) is 0.704. The van der Waals surface area contributed by atoms with Crippen molar-refractivity contribution >= 4 is 11.9 Å². The number of carbonyl (C=O) groups excluding carboxylic acids is 2. The second kappa shape index (κ2) is 66.8. The van der Waals surface area contributed by atoms with Crippen LogP contribution in [0.4, 0.5) is 0 Å². The molecule has 92 heavy (non-hydrogen) atoms. The van der Waals surface area contributed by atoms with E-state index in [-0.39, 0.29) is 19.4 Å². The van der Waals surface area contributed by atoms with Gasteiger partial charge in [0.2, 0.25) is 5.91 Å². The third-order valence-corrected chi connectivity index (χ3v) is 16.8. The molecule has 0 aromatic rings. The van der Waals surface area contributed by atoms with Crippen LogP contribution in [0.5, 0.6) is 0 Å². The standard InChI is InChI=1S/C81H137NO10/c1-4-7-10-13-16-19-22-25-27-29-31-33-35-37-39-40-42-44-46-48-50-53-56-59-62-65-68-74(85)80(89)82-72(73(84)67-64-61-58-55-52-24-21-18-15-12-9-6-3)71-90-81-79(78(88)77(87)75(70-83)91-81)92-76(86)69-66-63-60-57-54-51-49-47-45-43-41-38-36-34-32-30-28-26-23-20-17-14-11-8-5-2/h7-8,10-11,16-17,19-20,25-28,31-34,37-39,41,64,67,72-75,77-79,81,83-85,87-88H,4-6,9,12-15,18,21-24,29-30,35-36,40,42-63,65-66,68-71H2,1-3H3,(H,82,89)/b10-7-,11-8-,19-16-,20-17-,27-25-,28-26-,33-31-,34-32-,39-37-,41-38-,67-64+. The maximum atomic E-state index is 13.5. The Labute approximate surface area is 563 Å². The molecule has 1 rings (SSSR count). The van der Waals surface area contributed by atoms with E-state index in [0.29, 0.717) is 12.8 Å². The van der Waals surface area contributed by atoms with Gasteiger partial charge >= 0.3 is 5.97 Å². The molecule has 0 spiro atoms. The molecule has 0 radical (unpaired) electrons. The van der Waals surface area contributed by atoms with Crippen LogP contribution >= 0.6 is 0 Å². The zero-order valence-corrected chi connectivity index (χ0v) is 58.6. The number of nitrogens with one attached hydrogen (secondary N) is 1. The van der Waals surface area contributed by atoms with Gasteiger partial charge in [0.1, 0.15) is 24.4 Å². The van der Waals surface area contributed by atoms with Crippen LogP contribution in [0.15, 0.2) is 134 Å². The molecule has 0 saturated carbocycles. The molecule has 8 unspecified atom stereocenters. The number of unbranched alkanes of at least 4 members (excludes halogenated alkanes) is 29. The minimum atomic E-state index is -1.63. The summed E-state index contributed by atoms with van der Waals surface area (Å²) in [6, 6.07) is -1.04. The predicted molar refractivity (Wildman–Crippen MR) is 388 cm³/mol. The predicted octanol–water partition coefficient (Wildman–Crippen LogP) is 19.9. The Morgan fingerprint density at radius 3 is 1.17 bits per heavy atom. The summed E-state index contributed by atoms with van der Waals surface area (Å²) in [6.45, 7) is 5.58. The van der Waals surface area contributed by atoms with Gasteiger partial charge < -0.3 is 45.1 Å². The second-order valence-electron chi connectivity index (χ2n) is 25.3. The van der Waals surface area contributed by atoms with E-state index in [4.69, 9.17) is 14.2 Å². The van der Waals surface area contributed by atoms with E-state index in [1.54, 1.807) is 6.08 Å². The van der Waals surface area contributed by atoms with Gasteiger partial charge in [-0.1, -0.05) is 315 Å². The lowest BCUT2D eigenvalue weighted by molar-refractivity contribution is -0.305. The Morgan fingerprint density at radius 2 is 0.783 bits per heavy atom. The smallest absolute Gasteiger partial charge is 0.306 e. The number of amides is 1. The van der Waals surface area contributed by atoms with E-state index in [2.05, 4.69) is 148 Å². The monoisotopic (exact) mass is 1280 g/mol. The highest BCUT2D eigenvalue weighted by Crippen LogP contribution is 2.26. The van der Waals surface area contributed by atoms with Gasteiger partial charge in [-0.25, -0.2) is 0 Å². The van der Waals surface area contributed by atoms with E-state index < -0.39 is 67.4 Å². The van der Waals surface area contributed by atoms with Crippen LogP contribution in [0.1, 0.15) is 303 Å². The zero-order chi connectivity index (χ0) is 66.7. The van der Waals surface area contributed by atoms with Crippen molar-refractivity contribution in [2.75, 3.05) is 13.2 Å². The fourth-order valence-electron chi connectivity index (χ4n) is 11.0. The lowest BCUT2D eigenvalue weighted by Gasteiger charge is -2.41. The molecule has 8 atom stereocenters. The summed E-state index contributed by atoms with van der Waals surface area (Å²) in [5.41, 5.74) is 0.